The summed E-state index contributed by atoms with van der Waals surface area (Å²) in [6.45, 7) is 2.14. The average molecular weight is 276 g/mol. The van der Waals surface area contributed by atoms with E-state index in [9.17, 15) is 0 Å². The van der Waals surface area contributed by atoms with Gasteiger partial charge in [-0.3, -0.25) is 4.99 Å². The molecule has 1 fully saturated rings. The van der Waals surface area contributed by atoms with Crippen molar-refractivity contribution < 1.29 is 0 Å². The molecule has 0 saturated carbocycles. The smallest absolute Gasteiger partial charge is 0.0671 e. The molecule has 2 aliphatic heterocycles. The normalized spacial score (nSPS) is 23.3. The molecule has 0 bridgehead atoms. The molecule has 2 heteroatoms. The lowest BCUT2D eigenvalue weighted by Gasteiger charge is -2.26. The van der Waals surface area contributed by atoms with E-state index in [0.717, 1.165) is 25.9 Å². The fourth-order valence-electron chi connectivity index (χ4n) is 3.75. The maximum Gasteiger partial charge on any atom is 0.0671 e. The largest absolute Gasteiger partial charge is 0.315 e. The zero-order chi connectivity index (χ0) is 14.1. The summed E-state index contributed by atoms with van der Waals surface area (Å²) in [4.78, 5) is 4.98. The molecule has 4 rings (SSSR count). The Morgan fingerprint density at radius 1 is 0.952 bits per heavy atom. The van der Waals surface area contributed by atoms with Crippen LogP contribution in [-0.2, 0) is 11.8 Å². The van der Waals surface area contributed by atoms with Gasteiger partial charge in [-0.1, -0.05) is 48.5 Å². The molecule has 1 saturated heterocycles. The van der Waals surface area contributed by atoms with Crippen LogP contribution in [0, 0.1) is 0 Å². The third kappa shape index (κ3) is 2.11. The van der Waals surface area contributed by atoms with Crippen LogP contribution in [0.2, 0.25) is 0 Å². The van der Waals surface area contributed by atoms with Crippen molar-refractivity contribution in [2.24, 2.45) is 4.99 Å². The van der Waals surface area contributed by atoms with Crippen molar-refractivity contribution in [3.8, 4) is 0 Å². The van der Waals surface area contributed by atoms with Gasteiger partial charge in [-0.25, -0.2) is 0 Å². The van der Waals surface area contributed by atoms with Crippen LogP contribution in [0.4, 0.5) is 5.69 Å². The SMILES string of the molecule is c1ccc(CCC2=Nc3ccccc3C23CCNC3)cc1. The average Bonchev–Trinajstić information content (AvgIpc) is 3.14. The van der Waals surface area contributed by atoms with E-state index in [-0.39, 0.29) is 5.41 Å². The number of benzene rings is 2. The van der Waals surface area contributed by atoms with Crippen molar-refractivity contribution in [2.75, 3.05) is 13.1 Å². The van der Waals surface area contributed by atoms with E-state index in [2.05, 4.69) is 59.9 Å². The van der Waals surface area contributed by atoms with Crippen molar-refractivity contribution in [2.45, 2.75) is 24.7 Å². The number of rotatable bonds is 3. The van der Waals surface area contributed by atoms with Crippen molar-refractivity contribution in [3.05, 3.63) is 65.7 Å². The number of aliphatic imine (C=N–C) groups is 1. The minimum atomic E-state index is 0.158. The maximum atomic E-state index is 4.98. The van der Waals surface area contributed by atoms with Crippen molar-refractivity contribution in [1.29, 1.82) is 0 Å². The first kappa shape index (κ1) is 12.8. The van der Waals surface area contributed by atoms with E-state index in [0.29, 0.717) is 0 Å². The molecule has 1 spiro atoms. The van der Waals surface area contributed by atoms with Gasteiger partial charge in [-0.15, -0.1) is 0 Å². The molecular weight excluding hydrogens is 256 g/mol. The highest BCUT2D eigenvalue weighted by Crippen LogP contribution is 2.44. The van der Waals surface area contributed by atoms with Crippen LogP contribution in [0.3, 0.4) is 0 Å². The van der Waals surface area contributed by atoms with E-state index in [4.69, 9.17) is 4.99 Å². The van der Waals surface area contributed by atoms with E-state index in [1.165, 1.54) is 28.9 Å². The van der Waals surface area contributed by atoms with Crippen LogP contribution < -0.4 is 5.32 Å². The number of hydrogen-bond acceptors (Lipinski definition) is 2. The number of nitrogens with zero attached hydrogens (tertiary/aromatic N) is 1. The molecule has 106 valence electrons. The van der Waals surface area contributed by atoms with E-state index >= 15 is 0 Å². The topological polar surface area (TPSA) is 24.4 Å². The second-order valence-electron chi connectivity index (χ2n) is 6.07. The Morgan fingerprint density at radius 2 is 1.76 bits per heavy atom. The summed E-state index contributed by atoms with van der Waals surface area (Å²) in [6.07, 6.45) is 3.31. The van der Waals surface area contributed by atoms with Crippen LogP contribution in [0.15, 0.2) is 59.6 Å². The minimum absolute atomic E-state index is 0.158. The fourth-order valence-corrected chi connectivity index (χ4v) is 3.75. The summed E-state index contributed by atoms with van der Waals surface area (Å²) in [5.74, 6) is 0. The summed E-state index contributed by atoms with van der Waals surface area (Å²) < 4.78 is 0. The maximum absolute atomic E-state index is 4.98. The van der Waals surface area contributed by atoms with E-state index < -0.39 is 0 Å². The van der Waals surface area contributed by atoms with Crippen molar-refractivity contribution >= 4 is 11.4 Å². The third-order valence-electron chi connectivity index (χ3n) is 4.88. The van der Waals surface area contributed by atoms with Crippen LogP contribution in [0.1, 0.15) is 24.0 Å². The molecule has 0 aromatic heterocycles. The Bertz CT molecular complexity index is 667. The second kappa shape index (κ2) is 5.12. The van der Waals surface area contributed by atoms with Crippen molar-refractivity contribution in [1.82, 2.24) is 5.32 Å². The van der Waals surface area contributed by atoms with E-state index in [1.807, 2.05) is 0 Å². The molecule has 2 aliphatic rings. The van der Waals surface area contributed by atoms with Gasteiger partial charge in [-0.2, -0.15) is 0 Å². The number of para-hydroxylation sites is 1. The van der Waals surface area contributed by atoms with Gasteiger partial charge in [0.25, 0.3) is 0 Å². The molecule has 2 nitrogen and oxygen atoms in total. The molecule has 0 amide bonds. The summed E-state index contributed by atoms with van der Waals surface area (Å²) in [5, 5.41) is 3.54. The molecule has 1 N–H and O–H groups in total. The van der Waals surface area contributed by atoms with Gasteiger partial charge in [0.15, 0.2) is 0 Å². The molecule has 1 atom stereocenters. The van der Waals surface area contributed by atoms with Crippen LogP contribution >= 0.6 is 0 Å². The predicted molar refractivity (Wildman–Crippen MR) is 87.5 cm³/mol. The van der Waals surface area contributed by atoms with Gasteiger partial charge >= 0.3 is 0 Å². The second-order valence-corrected chi connectivity index (χ2v) is 6.07. The quantitative estimate of drug-likeness (QED) is 0.909. The zero-order valence-corrected chi connectivity index (χ0v) is 12.2. The van der Waals surface area contributed by atoms with Gasteiger partial charge in [0.2, 0.25) is 0 Å². The third-order valence-corrected chi connectivity index (χ3v) is 4.88. The lowest BCUT2D eigenvalue weighted by molar-refractivity contribution is 0.637. The van der Waals surface area contributed by atoms with E-state index in [1.54, 1.807) is 0 Å². The molecule has 0 radical (unpaired) electrons. The summed E-state index contributed by atoms with van der Waals surface area (Å²) in [5.41, 5.74) is 5.54. The van der Waals surface area contributed by atoms with Gasteiger partial charge in [-0.05, 0) is 43.0 Å². The van der Waals surface area contributed by atoms with Crippen LogP contribution in [0.5, 0.6) is 0 Å². The highest BCUT2D eigenvalue weighted by molar-refractivity contribution is 6.02. The molecule has 2 aromatic carbocycles. The molecule has 1 unspecified atom stereocenters. The van der Waals surface area contributed by atoms with Crippen LogP contribution in [0.25, 0.3) is 0 Å². The number of nitrogens with one attached hydrogen (secondary N) is 1. The molecule has 2 heterocycles. The monoisotopic (exact) mass is 276 g/mol. The Hall–Kier alpha value is -1.93. The lowest BCUT2D eigenvalue weighted by atomic mass is 9.75. The Labute approximate surface area is 125 Å². The number of aryl methyl sites for hydroxylation is 1. The first-order valence-corrected chi connectivity index (χ1v) is 7.81. The molecule has 0 aliphatic carbocycles. The fraction of sp³-hybridized carbons (Fsp3) is 0.316. The lowest BCUT2D eigenvalue weighted by Crippen LogP contribution is -2.35. The van der Waals surface area contributed by atoms with Gasteiger partial charge in [0.1, 0.15) is 0 Å². The van der Waals surface area contributed by atoms with Crippen molar-refractivity contribution in [3.63, 3.8) is 0 Å². The number of hydrogen-bond donors (Lipinski definition) is 1. The highest BCUT2D eigenvalue weighted by Gasteiger charge is 2.44. The summed E-state index contributed by atoms with van der Waals surface area (Å²) in [6, 6.07) is 19.4. The summed E-state index contributed by atoms with van der Waals surface area (Å²) >= 11 is 0. The predicted octanol–water partition coefficient (Wildman–Crippen LogP) is 3.64. The first-order chi connectivity index (χ1) is 10.4. The first-order valence-electron chi connectivity index (χ1n) is 7.81. The summed E-state index contributed by atoms with van der Waals surface area (Å²) in [7, 11) is 0. The standard InChI is InChI=1S/C19H20N2/c1-2-6-15(7-3-1)10-11-18-19(12-13-20-14-19)16-8-4-5-9-17(16)21-18/h1-9,20H,10-14H2. The zero-order valence-electron chi connectivity index (χ0n) is 12.2. The molecule has 21 heavy (non-hydrogen) atoms. The Balaban J connectivity index is 1.63. The number of fused-ring (bicyclic) bond motifs is 2. The molecule has 2 aromatic rings. The highest BCUT2D eigenvalue weighted by atomic mass is 15.0. The minimum Gasteiger partial charge on any atom is -0.315 e. The molecular formula is C19H20N2. The van der Waals surface area contributed by atoms with Gasteiger partial charge < -0.3 is 5.32 Å². The van der Waals surface area contributed by atoms with Gasteiger partial charge in [0.05, 0.1) is 5.69 Å². The van der Waals surface area contributed by atoms with Gasteiger partial charge in [0, 0.05) is 17.7 Å². The Morgan fingerprint density at radius 3 is 2.57 bits per heavy atom. The van der Waals surface area contributed by atoms with Crippen LogP contribution in [-0.4, -0.2) is 18.8 Å². The Kier molecular flexibility index (Phi) is 3.12.